The van der Waals surface area contributed by atoms with Crippen molar-refractivity contribution in [3.8, 4) is 5.69 Å². The topological polar surface area (TPSA) is 73.2 Å². The maximum absolute atomic E-state index is 12.1. The minimum atomic E-state index is -0.500. The Morgan fingerprint density at radius 1 is 1.22 bits per heavy atom. The molecule has 2 rings (SSSR count). The number of aromatic nitrogens is 2. The van der Waals surface area contributed by atoms with E-state index in [-0.39, 0.29) is 18.1 Å². The number of anilines is 1. The fourth-order valence-electron chi connectivity index (χ4n) is 2.12. The van der Waals surface area contributed by atoms with Crippen molar-refractivity contribution in [2.24, 2.45) is 0 Å². The summed E-state index contributed by atoms with van der Waals surface area (Å²) in [4.78, 5) is 24.2. The minimum Gasteiger partial charge on any atom is -0.462 e. The van der Waals surface area contributed by atoms with Gasteiger partial charge in [-0.2, -0.15) is 5.10 Å². The first kappa shape index (κ1) is 16.7. The van der Waals surface area contributed by atoms with E-state index < -0.39 is 5.97 Å². The van der Waals surface area contributed by atoms with Gasteiger partial charge in [-0.3, -0.25) is 4.79 Å². The summed E-state index contributed by atoms with van der Waals surface area (Å²) in [5, 5.41) is 7.02. The monoisotopic (exact) mass is 315 g/mol. The van der Waals surface area contributed by atoms with Gasteiger partial charge in [0.1, 0.15) is 5.56 Å². The van der Waals surface area contributed by atoms with E-state index >= 15 is 0 Å². The average molecular weight is 315 g/mol. The van der Waals surface area contributed by atoms with Crippen LogP contribution in [0.5, 0.6) is 0 Å². The summed E-state index contributed by atoms with van der Waals surface area (Å²) < 4.78 is 6.57. The van der Waals surface area contributed by atoms with E-state index in [1.165, 1.54) is 10.9 Å². The molecule has 0 fully saturated rings. The third kappa shape index (κ3) is 4.18. The summed E-state index contributed by atoms with van der Waals surface area (Å²) in [6.45, 7) is 4.02. The maximum atomic E-state index is 12.1. The van der Waals surface area contributed by atoms with E-state index in [1.807, 2.05) is 37.3 Å². The molecule has 6 heteroatoms. The third-order valence-corrected chi connectivity index (χ3v) is 3.28. The largest absolute Gasteiger partial charge is 0.462 e. The standard InChI is InChI=1S/C17H21N3O3/c1-3-5-11-15(21)19-16-14(17(22)23-4-2)12-18-20(16)13-9-7-6-8-10-13/h6-10,12H,3-5,11H2,1-2H3,(H,19,21). The molecule has 0 aliphatic heterocycles. The molecule has 1 amide bonds. The quantitative estimate of drug-likeness (QED) is 0.796. The van der Waals surface area contributed by atoms with Crippen LogP contribution in [-0.2, 0) is 9.53 Å². The second-order valence-corrected chi connectivity index (χ2v) is 5.03. The van der Waals surface area contributed by atoms with Crippen molar-refractivity contribution in [1.82, 2.24) is 9.78 Å². The van der Waals surface area contributed by atoms with Crippen LogP contribution in [-0.4, -0.2) is 28.3 Å². The Labute approximate surface area is 135 Å². The van der Waals surface area contributed by atoms with Crippen LogP contribution in [0.15, 0.2) is 36.5 Å². The molecule has 1 heterocycles. The van der Waals surface area contributed by atoms with Crippen molar-refractivity contribution in [2.45, 2.75) is 33.1 Å². The fourth-order valence-corrected chi connectivity index (χ4v) is 2.12. The first-order valence-electron chi connectivity index (χ1n) is 7.77. The number of ether oxygens (including phenoxy) is 1. The number of esters is 1. The molecule has 6 nitrogen and oxygen atoms in total. The van der Waals surface area contributed by atoms with Gasteiger partial charge in [0.25, 0.3) is 0 Å². The Hall–Kier alpha value is -2.63. The molecule has 0 atom stereocenters. The van der Waals surface area contributed by atoms with Gasteiger partial charge >= 0.3 is 5.97 Å². The summed E-state index contributed by atoms with van der Waals surface area (Å²) in [5.41, 5.74) is 1.01. The Balaban J connectivity index is 2.35. The van der Waals surface area contributed by atoms with E-state index in [4.69, 9.17) is 4.74 Å². The Morgan fingerprint density at radius 3 is 2.61 bits per heavy atom. The Morgan fingerprint density at radius 2 is 1.96 bits per heavy atom. The molecule has 0 aliphatic carbocycles. The van der Waals surface area contributed by atoms with E-state index in [2.05, 4.69) is 10.4 Å². The van der Waals surface area contributed by atoms with Gasteiger partial charge in [0, 0.05) is 6.42 Å². The summed E-state index contributed by atoms with van der Waals surface area (Å²) in [6, 6.07) is 9.32. The lowest BCUT2D eigenvalue weighted by Crippen LogP contribution is -2.17. The molecular weight excluding hydrogens is 294 g/mol. The molecule has 0 saturated heterocycles. The third-order valence-electron chi connectivity index (χ3n) is 3.28. The highest BCUT2D eigenvalue weighted by molar-refractivity contribution is 6.00. The molecule has 23 heavy (non-hydrogen) atoms. The number of nitrogens with zero attached hydrogens (tertiary/aromatic N) is 2. The Kier molecular flexibility index (Phi) is 5.91. The van der Waals surface area contributed by atoms with Crippen LogP contribution in [0.25, 0.3) is 5.69 Å². The highest BCUT2D eigenvalue weighted by Crippen LogP contribution is 2.21. The lowest BCUT2D eigenvalue weighted by atomic mass is 10.2. The molecule has 0 bridgehead atoms. The number of para-hydroxylation sites is 1. The first-order valence-corrected chi connectivity index (χ1v) is 7.77. The SMILES string of the molecule is CCCCC(=O)Nc1c(C(=O)OCC)cnn1-c1ccccc1. The number of amides is 1. The van der Waals surface area contributed by atoms with Crippen LogP contribution in [0.3, 0.4) is 0 Å². The lowest BCUT2D eigenvalue weighted by molar-refractivity contribution is -0.116. The predicted molar refractivity (Wildman–Crippen MR) is 87.7 cm³/mol. The van der Waals surface area contributed by atoms with Gasteiger partial charge in [0.2, 0.25) is 5.91 Å². The van der Waals surface area contributed by atoms with Crippen molar-refractivity contribution in [3.05, 3.63) is 42.1 Å². The van der Waals surface area contributed by atoms with Crippen LogP contribution in [0, 0.1) is 0 Å². The fraction of sp³-hybridized carbons (Fsp3) is 0.353. The molecule has 1 aromatic carbocycles. The van der Waals surface area contributed by atoms with Gasteiger partial charge in [-0.15, -0.1) is 0 Å². The number of unbranched alkanes of at least 4 members (excludes halogenated alkanes) is 1. The van der Waals surface area contributed by atoms with Gasteiger partial charge in [0.05, 0.1) is 18.5 Å². The average Bonchev–Trinajstić information content (AvgIpc) is 2.97. The molecule has 0 saturated carbocycles. The molecule has 0 radical (unpaired) electrons. The van der Waals surface area contributed by atoms with Crippen LogP contribution < -0.4 is 5.32 Å². The molecule has 1 N–H and O–H groups in total. The van der Waals surface area contributed by atoms with E-state index in [0.29, 0.717) is 12.2 Å². The summed E-state index contributed by atoms with van der Waals surface area (Å²) in [5.74, 6) is -0.300. The second-order valence-electron chi connectivity index (χ2n) is 5.03. The highest BCUT2D eigenvalue weighted by atomic mass is 16.5. The molecule has 122 valence electrons. The number of rotatable bonds is 7. The summed E-state index contributed by atoms with van der Waals surface area (Å²) in [7, 11) is 0. The highest BCUT2D eigenvalue weighted by Gasteiger charge is 2.21. The Bertz CT molecular complexity index is 665. The number of hydrogen-bond donors (Lipinski definition) is 1. The summed E-state index contributed by atoms with van der Waals surface area (Å²) >= 11 is 0. The normalized spacial score (nSPS) is 10.3. The number of nitrogens with one attached hydrogen (secondary N) is 1. The van der Waals surface area contributed by atoms with Gasteiger partial charge in [-0.05, 0) is 25.5 Å². The van der Waals surface area contributed by atoms with E-state index in [0.717, 1.165) is 18.5 Å². The molecule has 2 aromatic rings. The van der Waals surface area contributed by atoms with Gasteiger partial charge in [0.15, 0.2) is 5.82 Å². The van der Waals surface area contributed by atoms with Crippen molar-refractivity contribution >= 4 is 17.7 Å². The van der Waals surface area contributed by atoms with Crippen LogP contribution in [0.1, 0.15) is 43.5 Å². The number of hydrogen-bond acceptors (Lipinski definition) is 4. The molecule has 0 spiro atoms. The van der Waals surface area contributed by atoms with Crippen molar-refractivity contribution in [1.29, 1.82) is 0 Å². The molecular formula is C17H21N3O3. The number of benzene rings is 1. The zero-order chi connectivity index (χ0) is 16.7. The van der Waals surface area contributed by atoms with Crippen molar-refractivity contribution in [2.75, 3.05) is 11.9 Å². The van der Waals surface area contributed by atoms with E-state index in [1.54, 1.807) is 6.92 Å². The zero-order valence-corrected chi connectivity index (χ0v) is 13.4. The minimum absolute atomic E-state index is 0.143. The van der Waals surface area contributed by atoms with Crippen molar-refractivity contribution in [3.63, 3.8) is 0 Å². The zero-order valence-electron chi connectivity index (χ0n) is 13.4. The molecule has 0 unspecified atom stereocenters. The van der Waals surface area contributed by atoms with Crippen LogP contribution in [0.4, 0.5) is 5.82 Å². The smallest absolute Gasteiger partial charge is 0.343 e. The number of carbonyl (C=O) groups excluding carboxylic acids is 2. The van der Waals surface area contributed by atoms with Crippen LogP contribution in [0.2, 0.25) is 0 Å². The van der Waals surface area contributed by atoms with Gasteiger partial charge < -0.3 is 10.1 Å². The predicted octanol–water partition coefficient (Wildman–Crippen LogP) is 3.18. The molecule has 1 aromatic heterocycles. The lowest BCUT2D eigenvalue weighted by Gasteiger charge is -2.11. The van der Waals surface area contributed by atoms with Gasteiger partial charge in [-0.25, -0.2) is 9.48 Å². The molecule has 0 aliphatic rings. The van der Waals surface area contributed by atoms with Crippen molar-refractivity contribution < 1.29 is 14.3 Å². The second kappa shape index (κ2) is 8.12. The van der Waals surface area contributed by atoms with Crippen LogP contribution >= 0.6 is 0 Å². The van der Waals surface area contributed by atoms with Gasteiger partial charge in [-0.1, -0.05) is 31.5 Å². The van der Waals surface area contributed by atoms with E-state index in [9.17, 15) is 9.59 Å². The summed E-state index contributed by atoms with van der Waals surface area (Å²) in [6.07, 6.45) is 3.54. The first-order chi connectivity index (χ1) is 11.2. The number of carbonyl (C=O) groups is 2. The maximum Gasteiger partial charge on any atom is 0.343 e.